The van der Waals surface area contributed by atoms with Crippen LogP contribution >= 0.6 is 11.3 Å². The molecule has 0 aliphatic carbocycles. The number of anilines is 1. The predicted octanol–water partition coefficient (Wildman–Crippen LogP) is 3.80. The normalized spacial score (nSPS) is 12.2. The van der Waals surface area contributed by atoms with Crippen LogP contribution in [0.5, 0.6) is 0 Å². The summed E-state index contributed by atoms with van der Waals surface area (Å²) in [6.45, 7) is 7.02. The monoisotopic (exact) mass is 330 g/mol. The largest absolute Gasteiger partial charge is 0.325 e. The molecule has 0 radical (unpaired) electrons. The average Bonchev–Trinajstić information content (AvgIpc) is 3.05. The van der Waals surface area contributed by atoms with Gasteiger partial charge >= 0.3 is 0 Å². The second kappa shape index (κ2) is 8.04. The number of nitrogens with one attached hydrogen (secondary N) is 1. The molecule has 2 aromatic rings. The maximum atomic E-state index is 12.5. The van der Waals surface area contributed by atoms with Gasteiger partial charge in [-0.1, -0.05) is 25.1 Å². The Hall–Kier alpha value is -1.98. The zero-order valence-electron chi connectivity index (χ0n) is 13.7. The number of carbonyl (C=O) groups excluding carboxylic acids is 2. The van der Waals surface area contributed by atoms with Crippen molar-refractivity contribution in [2.24, 2.45) is 0 Å². The molecule has 1 atom stereocenters. The van der Waals surface area contributed by atoms with E-state index in [9.17, 15) is 9.59 Å². The molecule has 23 heavy (non-hydrogen) atoms. The van der Waals surface area contributed by atoms with Crippen molar-refractivity contribution in [1.82, 2.24) is 4.90 Å². The van der Waals surface area contributed by atoms with E-state index in [0.717, 1.165) is 13.1 Å². The summed E-state index contributed by atoms with van der Waals surface area (Å²) in [6.07, 6.45) is 0. The van der Waals surface area contributed by atoms with Crippen molar-refractivity contribution in [3.63, 3.8) is 0 Å². The van der Waals surface area contributed by atoms with Gasteiger partial charge in [-0.25, -0.2) is 0 Å². The summed E-state index contributed by atoms with van der Waals surface area (Å²) >= 11 is 1.69. The summed E-state index contributed by atoms with van der Waals surface area (Å²) in [4.78, 5) is 27.3. The number of thiophene rings is 1. The minimum Gasteiger partial charge on any atom is -0.325 e. The van der Waals surface area contributed by atoms with Crippen LogP contribution in [0.3, 0.4) is 0 Å². The second-order valence-electron chi connectivity index (χ2n) is 5.44. The van der Waals surface area contributed by atoms with E-state index in [2.05, 4.69) is 16.3 Å². The van der Waals surface area contributed by atoms with Crippen molar-refractivity contribution in [1.29, 1.82) is 0 Å². The maximum absolute atomic E-state index is 12.5. The topological polar surface area (TPSA) is 49.4 Å². The first-order valence-corrected chi connectivity index (χ1v) is 8.57. The fourth-order valence-corrected chi connectivity index (χ4v) is 3.08. The number of carbonyl (C=O) groups is 2. The van der Waals surface area contributed by atoms with E-state index >= 15 is 0 Å². The number of ketones is 1. The highest BCUT2D eigenvalue weighted by molar-refractivity contribution is 7.09. The first kappa shape index (κ1) is 17.4. The third-order valence-corrected chi connectivity index (χ3v) is 4.67. The van der Waals surface area contributed by atoms with Crippen molar-refractivity contribution in [2.75, 3.05) is 11.9 Å². The molecule has 1 heterocycles. The predicted molar refractivity (Wildman–Crippen MR) is 94.9 cm³/mol. The minimum absolute atomic E-state index is 0.0120. The summed E-state index contributed by atoms with van der Waals surface area (Å²) in [5.41, 5.74) is 1.25. The summed E-state index contributed by atoms with van der Waals surface area (Å²) in [5.74, 6) is -0.0777. The smallest absolute Gasteiger partial charge is 0.241 e. The van der Waals surface area contributed by atoms with E-state index in [-0.39, 0.29) is 17.7 Å². The standard InChI is InChI=1S/C18H22N2O2S/c1-4-20(12-17-9-6-10-23-17)13(2)18(22)19-16-8-5-7-15(11-16)14(3)21/h5-11,13H,4,12H2,1-3H3,(H,19,22)/t13-/m1/s1. The molecule has 0 bridgehead atoms. The molecule has 4 nitrogen and oxygen atoms in total. The lowest BCUT2D eigenvalue weighted by molar-refractivity contribution is -0.120. The van der Waals surface area contributed by atoms with E-state index in [1.54, 1.807) is 35.6 Å². The van der Waals surface area contributed by atoms with Gasteiger partial charge in [0.15, 0.2) is 5.78 Å². The molecule has 5 heteroatoms. The first-order valence-electron chi connectivity index (χ1n) is 7.69. The molecule has 0 unspecified atom stereocenters. The van der Waals surface area contributed by atoms with Crippen molar-refractivity contribution >= 4 is 28.7 Å². The van der Waals surface area contributed by atoms with Gasteiger partial charge in [0.1, 0.15) is 0 Å². The molecule has 1 amide bonds. The Morgan fingerprint density at radius 2 is 2.04 bits per heavy atom. The van der Waals surface area contributed by atoms with Crippen LogP contribution in [-0.2, 0) is 11.3 Å². The lowest BCUT2D eigenvalue weighted by Gasteiger charge is -2.26. The van der Waals surface area contributed by atoms with E-state index in [0.29, 0.717) is 11.3 Å². The molecule has 1 N–H and O–H groups in total. The number of likely N-dealkylation sites (N-methyl/N-ethyl adjacent to an activating group) is 1. The molecular weight excluding hydrogens is 308 g/mol. The number of benzene rings is 1. The van der Waals surface area contributed by atoms with Crippen molar-refractivity contribution in [3.8, 4) is 0 Å². The van der Waals surface area contributed by atoms with Gasteiger partial charge in [-0.3, -0.25) is 14.5 Å². The Kier molecular flexibility index (Phi) is 6.07. The van der Waals surface area contributed by atoms with Crippen LogP contribution in [0.25, 0.3) is 0 Å². The number of Topliss-reactive ketones (excluding diaryl/α,β-unsaturated/α-hetero) is 1. The number of nitrogens with zero attached hydrogens (tertiary/aromatic N) is 1. The lowest BCUT2D eigenvalue weighted by Crippen LogP contribution is -2.41. The molecule has 0 fully saturated rings. The van der Waals surface area contributed by atoms with Gasteiger partial charge in [0.2, 0.25) is 5.91 Å². The third-order valence-electron chi connectivity index (χ3n) is 3.81. The highest BCUT2D eigenvalue weighted by Crippen LogP contribution is 2.16. The van der Waals surface area contributed by atoms with Gasteiger partial charge in [0.05, 0.1) is 6.04 Å². The molecule has 2 rings (SSSR count). The molecule has 122 valence electrons. The van der Waals surface area contributed by atoms with Crippen LogP contribution in [0, 0.1) is 0 Å². The van der Waals surface area contributed by atoms with Gasteiger partial charge in [0, 0.05) is 22.7 Å². The van der Waals surface area contributed by atoms with Gasteiger partial charge in [-0.2, -0.15) is 0 Å². The Morgan fingerprint density at radius 3 is 2.65 bits per heavy atom. The third kappa shape index (κ3) is 4.74. The van der Waals surface area contributed by atoms with Crippen LogP contribution < -0.4 is 5.32 Å². The summed E-state index contributed by atoms with van der Waals surface area (Å²) < 4.78 is 0. The minimum atomic E-state index is -0.247. The zero-order valence-corrected chi connectivity index (χ0v) is 14.5. The molecule has 0 saturated carbocycles. The Morgan fingerprint density at radius 1 is 1.26 bits per heavy atom. The summed E-state index contributed by atoms with van der Waals surface area (Å²) in [5, 5.41) is 4.94. The fourth-order valence-electron chi connectivity index (χ4n) is 2.35. The van der Waals surface area contributed by atoms with Gasteiger partial charge < -0.3 is 5.32 Å². The number of hydrogen-bond donors (Lipinski definition) is 1. The van der Waals surface area contributed by atoms with E-state index in [1.807, 2.05) is 25.3 Å². The highest BCUT2D eigenvalue weighted by Gasteiger charge is 2.20. The van der Waals surface area contributed by atoms with E-state index in [1.165, 1.54) is 11.8 Å². The number of rotatable bonds is 7. The number of amides is 1. The Balaban J connectivity index is 2.03. The fraction of sp³-hybridized carbons (Fsp3) is 0.333. The summed E-state index contributed by atoms with van der Waals surface area (Å²) in [6, 6.07) is 10.9. The average molecular weight is 330 g/mol. The van der Waals surface area contributed by atoms with Gasteiger partial charge in [-0.15, -0.1) is 11.3 Å². The zero-order chi connectivity index (χ0) is 16.8. The van der Waals surface area contributed by atoms with Gasteiger partial charge in [0.25, 0.3) is 0 Å². The maximum Gasteiger partial charge on any atom is 0.241 e. The first-order chi connectivity index (χ1) is 11.0. The molecule has 1 aromatic carbocycles. The van der Waals surface area contributed by atoms with Crippen LogP contribution in [0.1, 0.15) is 36.0 Å². The quantitative estimate of drug-likeness (QED) is 0.786. The molecule has 0 saturated heterocycles. The van der Waals surface area contributed by atoms with Crippen LogP contribution in [-0.4, -0.2) is 29.2 Å². The van der Waals surface area contributed by atoms with Gasteiger partial charge in [-0.05, 0) is 44.0 Å². The Bertz CT molecular complexity index is 667. The van der Waals surface area contributed by atoms with Crippen LogP contribution in [0.2, 0.25) is 0 Å². The van der Waals surface area contributed by atoms with E-state index < -0.39 is 0 Å². The van der Waals surface area contributed by atoms with Crippen molar-refractivity contribution < 1.29 is 9.59 Å². The lowest BCUT2D eigenvalue weighted by atomic mass is 10.1. The van der Waals surface area contributed by atoms with Crippen LogP contribution in [0.4, 0.5) is 5.69 Å². The van der Waals surface area contributed by atoms with E-state index in [4.69, 9.17) is 0 Å². The Labute approximate surface area is 141 Å². The molecular formula is C18H22N2O2S. The molecule has 0 aliphatic heterocycles. The second-order valence-corrected chi connectivity index (χ2v) is 6.48. The van der Waals surface area contributed by atoms with Crippen molar-refractivity contribution in [3.05, 3.63) is 52.2 Å². The summed E-state index contributed by atoms with van der Waals surface area (Å²) in [7, 11) is 0. The van der Waals surface area contributed by atoms with Crippen molar-refractivity contribution in [2.45, 2.75) is 33.4 Å². The molecule has 1 aromatic heterocycles. The van der Waals surface area contributed by atoms with Crippen LogP contribution in [0.15, 0.2) is 41.8 Å². The molecule has 0 aliphatic rings. The molecule has 0 spiro atoms. The SMILES string of the molecule is CCN(Cc1cccs1)[C@H](C)C(=O)Nc1cccc(C(C)=O)c1. The highest BCUT2D eigenvalue weighted by atomic mass is 32.1. The number of hydrogen-bond acceptors (Lipinski definition) is 4.